The largest absolute Gasteiger partial charge is 0.463 e. The molecule has 202 valence electrons. The van der Waals surface area contributed by atoms with Gasteiger partial charge in [-0.3, -0.25) is 19.2 Å². The van der Waals surface area contributed by atoms with E-state index >= 15 is 0 Å². The molecule has 0 aliphatic carbocycles. The highest BCUT2D eigenvalue weighted by atomic mass is 16.5. The molecule has 0 bridgehead atoms. The van der Waals surface area contributed by atoms with E-state index in [-0.39, 0.29) is 46.8 Å². The van der Waals surface area contributed by atoms with Crippen molar-refractivity contribution in [2.24, 2.45) is 0 Å². The molecule has 0 N–H and O–H groups in total. The van der Waals surface area contributed by atoms with Crippen molar-refractivity contribution in [3.63, 3.8) is 0 Å². The molecule has 1 heterocycles. The second-order valence-electron chi connectivity index (χ2n) is 9.03. The number of hydrogen-bond acceptors (Lipinski definition) is 8. The van der Waals surface area contributed by atoms with E-state index < -0.39 is 17.4 Å². The van der Waals surface area contributed by atoms with Crippen LogP contribution in [0.25, 0.3) is 22.1 Å². The topological polar surface area (TPSA) is 109 Å². The van der Waals surface area contributed by atoms with E-state index in [0.717, 1.165) is 25.7 Å². The standard InChI is InChI=1S/C30H34O8/c1-4-7-10-26(31)36-21-15-13-20(14-16-21)23-19-35-24-17-22(37-27(32)11-8-5-2)18-25(29(24)30(23)34)38-28(33)12-9-6-3/h13-19H,4-12H2,1-3H3. The van der Waals surface area contributed by atoms with Crippen LogP contribution < -0.4 is 19.6 Å². The van der Waals surface area contributed by atoms with Crippen LogP contribution in [0.5, 0.6) is 17.2 Å². The molecule has 3 aromatic rings. The van der Waals surface area contributed by atoms with Crippen LogP contribution in [0.1, 0.15) is 78.6 Å². The number of carbonyl (C=O) groups excluding carboxylic acids is 3. The van der Waals surface area contributed by atoms with Gasteiger partial charge in [0.05, 0.1) is 5.56 Å². The van der Waals surface area contributed by atoms with Crippen LogP contribution in [0.4, 0.5) is 0 Å². The summed E-state index contributed by atoms with van der Waals surface area (Å²) in [5.41, 5.74) is 0.479. The third-order valence-electron chi connectivity index (χ3n) is 5.87. The molecule has 8 heteroatoms. The molecule has 0 radical (unpaired) electrons. The molecule has 2 aromatic carbocycles. The maximum absolute atomic E-state index is 13.6. The number of esters is 3. The molecule has 0 fully saturated rings. The fraction of sp³-hybridized carbons (Fsp3) is 0.400. The fourth-order valence-corrected chi connectivity index (χ4v) is 3.74. The summed E-state index contributed by atoms with van der Waals surface area (Å²) >= 11 is 0. The van der Waals surface area contributed by atoms with Gasteiger partial charge in [-0.15, -0.1) is 0 Å². The quantitative estimate of drug-likeness (QED) is 0.179. The van der Waals surface area contributed by atoms with Crippen molar-refractivity contribution in [1.29, 1.82) is 0 Å². The molecule has 3 rings (SSSR count). The predicted molar refractivity (Wildman–Crippen MR) is 143 cm³/mol. The van der Waals surface area contributed by atoms with Crippen LogP contribution in [-0.4, -0.2) is 17.9 Å². The predicted octanol–water partition coefficient (Wildman–Crippen LogP) is 6.75. The van der Waals surface area contributed by atoms with Crippen molar-refractivity contribution >= 4 is 28.9 Å². The molecule has 0 spiro atoms. The minimum absolute atomic E-state index is 0.0287. The zero-order valence-corrected chi connectivity index (χ0v) is 22.2. The Morgan fingerprint density at radius 1 is 0.711 bits per heavy atom. The first-order chi connectivity index (χ1) is 18.4. The SMILES string of the molecule is CCCCC(=O)Oc1ccc(-c2coc3cc(OC(=O)CCCC)cc(OC(=O)CCCC)c3c2=O)cc1. The normalized spacial score (nSPS) is 10.8. The van der Waals surface area contributed by atoms with Crippen molar-refractivity contribution < 1.29 is 33.0 Å². The molecule has 0 unspecified atom stereocenters. The number of rotatable bonds is 13. The van der Waals surface area contributed by atoms with Crippen LogP contribution >= 0.6 is 0 Å². The van der Waals surface area contributed by atoms with E-state index in [0.29, 0.717) is 30.6 Å². The van der Waals surface area contributed by atoms with Crippen molar-refractivity contribution in [3.8, 4) is 28.4 Å². The van der Waals surface area contributed by atoms with Crippen LogP contribution in [-0.2, 0) is 14.4 Å². The molecule has 0 saturated heterocycles. The van der Waals surface area contributed by atoms with Crippen molar-refractivity contribution in [3.05, 3.63) is 52.9 Å². The maximum atomic E-state index is 13.6. The summed E-state index contributed by atoms with van der Waals surface area (Å²) in [6.07, 6.45) is 6.67. The lowest BCUT2D eigenvalue weighted by Crippen LogP contribution is -2.13. The monoisotopic (exact) mass is 522 g/mol. The zero-order valence-electron chi connectivity index (χ0n) is 22.2. The highest BCUT2D eigenvalue weighted by Crippen LogP contribution is 2.32. The Balaban J connectivity index is 1.97. The number of unbranched alkanes of at least 4 members (excludes halogenated alkanes) is 3. The third-order valence-corrected chi connectivity index (χ3v) is 5.87. The van der Waals surface area contributed by atoms with Gasteiger partial charge in [0.2, 0.25) is 5.43 Å². The number of benzene rings is 2. The van der Waals surface area contributed by atoms with Gasteiger partial charge in [-0.25, -0.2) is 0 Å². The first-order valence-electron chi connectivity index (χ1n) is 13.2. The summed E-state index contributed by atoms with van der Waals surface area (Å²) in [5.74, 6) is -0.766. The Bertz CT molecular complexity index is 1320. The van der Waals surface area contributed by atoms with E-state index in [1.807, 2.05) is 20.8 Å². The van der Waals surface area contributed by atoms with E-state index in [1.165, 1.54) is 18.4 Å². The van der Waals surface area contributed by atoms with Gasteiger partial charge >= 0.3 is 17.9 Å². The Morgan fingerprint density at radius 3 is 1.79 bits per heavy atom. The molecule has 0 aliphatic heterocycles. The third kappa shape index (κ3) is 7.78. The van der Waals surface area contributed by atoms with Gasteiger partial charge in [0.25, 0.3) is 0 Å². The van der Waals surface area contributed by atoms with Crippen molar-refractivity contribution in [1.82, 2.24) is 0 Å². The summed E-state index contributed by atoms with van der Waals surface area (Å²) in [6.45, 7) is 5.92. The molecule has 0 aliphatic rings. The van der Waals surface area contributed by atoms with Gasteiger partial charge in [-0.05, 0) is 37.0 Å². The molecule has 38 heavy (non-hydrogen) atoms. The molecule has 1 aromatic heterocycles. The van der Waals surface area contributed by atoms with E-state index in [2.05, 4.69) is 0 Å². The van der Waals surface area contributed by atoms with Gasteiger partial charge in [0.15, 0.2) is 0 Å². The maximum Gasteiger partial charge on any atom is 0.311 e. The van der Waals surface area contributed by atoms with Crippen LogP contribution in [0, 0.1) is 0 Å². The van der Waals surface area contributed by atoms with Gasteiger partial charge in [0.1, 0.15) is 34.5 Å². The second-order valence-corrected chi connectivity index (χ2v) is 9.03. The summed E-state index contributed by atoms with van der Waals surface area (Å²) < 4.78 is 22.1. The zero-order chi connectivity index (χ0) is 27.5. The highest BCUT2D eigenvalue weighted by molar-refractivity contribution is 5.91. The van der Waals surface area contributed by atoms with Gasteiger partial charge in [0, 0.05) is 31.4 Å². The first-order valence-corrected chi connectivity index (χ1v) is 13.2. The number of hydrogen-bond donors (Lipinski definition) is 0. The fourth-order valence-electron chi connectivity index (χ4n) is 3.74. The molecule has 8 nitrogen and oxygen atoms in total. The lowest BCUT2D eigenvalue weighted by atomic mass is 10.0. The van der Waals surface area contributed by atoms with Crippen molar-refractivity contribution in [2.75, 3.05) is 0 Å². The van der Waals surface area contributed by atoms with Gasteiger partial charge in [-0.2, -0.15) is 0 Å². The van der Waals surface area contributed by atoms with Gasteiger partial charge in [-0.1, -0.05) is 52.2 Å². The van der Waals surface area contributed by atoms with Crippen LogP contribution in [0.15, 0.2) is 51.9 Å². The minimum atomic E-state index is -0.498. The first kappa shape index (κ1) is 28.6. The Morgan fingerprint density at radius 2 is 1.24 bits per heavy atom. The van der Waals surface area contributed by atoms with Crippen LogP contribution in [0.2, 0.25) is 0 Å². The summed E-state index contributed by atoms with van der Waals surface area (Å²) in [5, 5.41) is 0.0655. The number of carbonyl (C=O) groups is 3. The lowest BCUT2D eigenvalue weighted by molar-refractivity contribution is -0.135. The average molecular weight is 523 g/mol. The highest BCUT2D eigenvalue weighted by Gasteiger charge is 2.19. The van der Waals surface area contributed by atoms with E-state index in [4.69, 9.17) is 18.6 Å². The van der Waals surface area contributed by atoms with E-state index in [9.17, 15) is 19.2 Å². The summed E-state index contributed by atoms with van der Waals surface area (Å²) in [4.78, 5) is 50.1. The van der Waals surface area contributed by atoms with Crippen LogP contribution in [0.3, 0.4) is 0 Å². The molecule has 0 atom stereocenters. The summed E-state index contributed by atoms with van der Waals surface area (Å²) in [6, 6.07) is 9.32. The molecular weight excluding hydrogens is 488 g/mol. The smallest absolute Gasteiger partial charge is 0.311 e. The Labute approximate surface area is 221 Å². The average Bonchev–Trinajstić information content (AvgIpc) is 2.90. The number of fused-ring (bicyclic) bond motifs is 1. The Hall–Kier alpha value is -3.94. The molecular formula is C30H34O8. The summed E-state index contributed by atoms with van der Waals surface area (Å²) in [7, 11) is 0. The molecule has 0 amide bonds. The van der Waals surface area contributed by atoms with E-state index in [1.54, 1.807) is 24.3 Å². The molecule has 0 saturated carbocycles. The number of ether oxygens (including phenoxy) is 3. The van der Waals surface area contributed by atoms with Gasteiger partial charge < -0.3 is 18.6 Å². The lowest BCUT2D eigenvalue weighted by Gasteiger charge is -2.11. The minimum Gasteiger partial charge on any atom is -0.463 e. The second kappa shape index (κ2) is 14.1. The van der Waals surface area contributed by atoms with Crippen molar-refractivity contribution in [2.45, 2.75) is 78.6 Å². The Kier molecular flexibility index (Phi) is 10.6.